The van der Waals surface area contributed by atoms with Crippen molar-refractivity contribution in [3.63, 3.8) is 0 Å². The molecule has 3 atom stereocenters. The van der Waals surface area contributed by atoms with Crippen LogP contribution >= 0.6 is 20.8 Å². The fourth-order valence-corrected chi connectivity index (χ4v) is 5.13. The number of aliphatic hydroxyl groups is 2. The summed E-state index contributed by atoms with van der Waals surface area (Å²) in [4.78, 5) is 19.4. The molecule has 6 nitrogen and oxygen atoms in total. The lowest BCUT2D eigenvalue weighted by Gasteiger charge is -2.41. The van der Waals surface area contributed by atoms with E-state index in [9.17, 15) is 15.0 Å². The van der Waals surface area contributed by atoms with Crippen molar-refractivity contribution in [3.05, 3.63) is 93.1 Å². The van der Waals surface area contributed by atoms with Gasteiger partial charge in [-0.05, 0) is 60.7 Å². The van der Waals surface area contributed by atoms with Crippen molar-refractivity contribution in [2.75, 3.05) is 13.1 Å². The van der Waals surface area contributed by atoms with Crippen LogP contribution in [-0.4, -0.2) is 44.9 Å². The molecule has 194 valence electrons. The Kier molecular flexibility index (Phi) is 7.68. The van der Waals surface area contributed by atoms with Crippen molar-refractivity contribution in [2.45, 2.75) is 38.0 Å². The summed E-state index contributed by atoms with van der Waals surface area (Å²) in [7, 11) is 2.67. The molecule has 8 heteroatoms. The van der Waals surface area contributed by atoms with Crippen LogP contribution in [0.2, 0.25) is 5.02 Å². The fourth-order valence-electron chi connectivity index (χ4n) is 4.68. The highest BCUT2D eigenvalue weighted by Crippen LogP contribution is 2.27. The Balaban J connectivity index is 1.33. The second kappa shape index (κ2) is 11.0. The molecule has 2 unspecified atom stereocenters. The van der Waals surface area contributed by atoms with E-state index in [2.05, 4.69) is 26.1 Å². The van der Waals surface area contributed by atoms with E-state index < -0.39 is 11.7 Å². The van der Waals surface area contributed by atoms with Crippen LogP contribution in [-0.2, 0) is 6.54 Å². The molecule has 3 heterocycles. The lowest BCUT2D eigenvalue weighted by atomic mass is 9.86. The quantitative estimate of drug-likeness (QED) is 0.296. The molecule has 1 saturated heterocycles. The Hall–Kier alpha value is -3.04. The number of nitrogens with zero attached hydrogens (tertiary/aromatic N) is 2. The maximum atomic E-state index is 12.9. The lowest BCUT2D eigenvalue weighted by molar-refractivity contribution is -0.122. The van der Waals surface area contributed by atoms with E-state index in [0.717, 1.165) is 16.4 Å². The molecule has 0 radical (unpaired) electrons. The third-order valence-corrected chi connectivity index (χ3v) is 7.79. The first-order chi connectivity index (χ1) is 18.2. The highest BCUT2D eigenvalue weighted by atomic mass is 35.5. The standard InChI is InChI=1S/C30H28ClN2O4P/c1-2-30(36)11-12-33(18-29(30)35)17-23-15-26(34)24-13-19(4-10-27(24)37-23)3-9-25-28(38)14-21(16-32-25)20-5-7-22(31)8-6-20/h4-8,10,13-16,29,35-36H,2,11-12,17-18,38H2,1H3/t29?,30-/m1/s1. The van der Waals surface area contributed by atoms with Gasteiger partial charge in [-0.3, -0.25) is 9.69 Å². The molecule has 5 rings (SSSR count). The van der Waals surface area contributed by atoms with Crippen LogP contribution < -0.4 is 10.7 Å². The van der Waals surface area contributed by atoms with Gasteiger partial charge < -0.3 is 14.6 Å². The Morgan fingerprint density at radius 1 is 1.16 bits per heavy atom. The number of hydrogen-bond acceptors (Lipinski definition) is 6. The number of pyridine rings is 1. The number of benzene rings is 2. The van der Waals surface area contributed by atoms with Crippen molar-refractivity contribution in [1.29, 1.82) is 0 Å². The van der Waals surface area contributed by atoms with Gasteiger partial charge in [0.1, 0.15) is 17.0 Å². The van der Waals surface area contributed by atoms with Crippen molar-refractivity contribution < 1.29 is 14.6 Å². The predicted octanol–water partition coefficient (Wildman–Crippen LogP) is 4.12. The van der Waals surface area contributed by atoms with Crippen LogP contribution in [0.4, 0.5) is 0 Å². The number of aliphatic hydroxyl groups excluding tert-OH is 1. The number of likely N-dealkylation sites (tertiary alicyclic amines) is 1. The topological polar surface area (TPSA) is 86.8 Å². The Morgan fingerprint density at radius 3 is 2.66 bits per heavy atom. The summed E-state index contributed by atoms with van der Waals surface area (Å²) in [6.07, 6.45) is 1.92. The zero-order chi connectivity index (χ0) is 26.9. The van der Waals surface area contributed by atoms with E-state index in [-0.39, 0.29) is 5.43 Å². The minimum atomic E-state index is -1.05. The van der Waals surface area contributed by atoms with Crippen LogP contribution in [0.15, 0.2) is 70.0 Å². The summed E-state index contributed by atoms with van der Waals surface area (Å²) < 4.78 is 6.00. The predicted molar refractivity (Wildman–Crippen MR) is 154 cm³/mol. The van der Waals surface area contributed by atoms with Gasteiger partial charge in [0, 0.05) is 46.8 Å². The zero-order valence-electron chi connectivity index (χ0n) is 20.9. The maximum Gasteiger partial charge on any atom is 0.193 e. The van der Waals surface area contributed by atoms with Gasteiger partial charge in [-0.2, -0.15) is 0 Å². The molecule has 0 bridgehead atoms. The third kappa shape index (κ3) is 5.68. The van der Waals surface area contributed by atoms with Crippen LogP contribution in [0.1, 0.15) is 36.8 Å². The van der Waals surface area contributed by atoms with Gasteiger partial charge in [0.2, 0.25) is 0 Å². The van der Waals surface area contributed by atoms with Gasteiger partial charge in [0.25, 0.3) is 0 Å². The van der Waals surface area contributed by atoms with Gasteiger partial charge in [-0.15, -0.1) is 9.24 Å². The molecular weight excluding hydrogens is 519 g/mol. The average Bonchev–Trinajstić information content (AvgIpc) is 2.91. The first-order valence-corrected chi connectivity index (χ1v) is 13.4. The molecule has 1 aliphatic rings. The normalized spacial score (nSPS) is 19.8. The minimum Gasteiger partial charge on any atom is -0.459 e. The van der Waals surface area contributed by atoms with E-state index in [1.807, 2.05) is 48.2 Å². The number of fused-ring (bicyclic) bond motifs is 1. The molecule has 1 fully saturated rings. The molecule has 1 aliphatic heterocycles. The van der Waals surface area contributed by atoms with Crippen molar-refractivity contribution in [1.82, 2.24) is 9.88 Å². The molecule has 2 aromatic heterocycles. The summed E-state index contributed by atoms with van der Waals surface area (Å²) in [5.74, 6) is 6.72. The summed E-state index contributed by atoms with van der Waals surface area (Å²) in [6.45, 7) is 3.20. The molecule has 0 aliphatic carbocycles. The number of hydrogen-bond donors (Lipinski definition) is 2. The zero-order valence-corrected chi connectivity index (χ0v) is 22.9. The Morgan fingerprint density at radius 2 is 1.95 bits per heavy atom. The van der Waals surface area contributed by atoms with Gasteiger partial charge in [-0.25, -0.2) is 4.98 Å². The van der Waals surface area contributed by atoms with Crippen LogP contribution in [0, 0.1) is 11.8 Å². The monoisotopic (exact) mass is 546 g/mol. The van der Waals surface area contributed by atoms with E-state index >= 15 is 0 Å². The van der Waals surface area contributed by atoms with Crippen LogP contribution in [0.25, 0.3) is 22.1 Å². The molecule has 0 saturated carbocycles. The number of rotatable bonds is 4. The molecule has 0 amide bonds. The van der Waals surface area contributed by atoms with Crippen molar-refractivity contribution >= 4 is 37.1 Å². The molecule has 2 N–H and O–H groups in total. The lowest BCUT2D eigenvalue weighted by Crippen LogP contribution is -2.54. The van der Waals surface area contributed by atoms with E-state index in [1.165, 1.54) is 6.07 Å². The second-order valence-electron chi connectivity index (χ2n) is 9.66. The highest BCUT2D eigenvalue weighted by Gasteiger charge is 2.39. The maximum absolute atomic E-state index is 12.9. The SMILES string of the molecule is CC[C@@]1(O)CCN(Cc2cc(=O)c3cc(C#Cc4ncc(-c5ccc(Cl)cc5)cc4P)ccc3o2)CC1O. The van der Waals surface area contributed by atoms with Gasteiger partial charge in [0.05, 0.1) is 23.6 Å². The summed E-state index contributed by atoms with van der Waals surface area (Å²) in [6, 6.07) is 16.4. The van der Waals surface area contributed by atoms with E-state index in [0.29, 0.717) is 65.5 Å². The number of aromatic nitrogens is 1. The van der Waals surface area contributed by atoms with Gasteiger partial charge in [-0.1, -0.05) is 36.6 Å². The summed E-state index contributed by atoms with van der Waals surface area (Å²) in [5.41, 5.74) is 2.59. The summed E-state index contributed by atoms with van der Waals surface area (Å²) in [5, 5.41) is 22.8. The second-order valence-corrected chi connectivity index (χ2v) is 10.7. The number of β-amino-alcohol motifs (C(OH)–C–C–N with tert-alkyl or cyclic N) is 1. The van der Waals surface area contributed by atoms with Crippen LogP contribution in [0.5, 0.6) is 0 Å². The summed E-state index contributed by atoms with van der Waals surface area (Å²) >= 11 is 5.99. The third-order valence-electron chi connectivity index (χ3n) is 7.10. The van der Waals surface area contributed by atoms with Gasteiger partial charge >= 0.3 is 0 Å². The molecule has 2 aromatic carbocycles. The van der Waals surface area contributed by atoms with Crippen molar-refractivity contribution in [3.8, 4) is 23.0 Å². The number of piperidine rings is 1. The smallest absolute Gasteiger partial charge is 0.193 e. The first kappa shape index (κ1) is 26.6. The van der Waals surface area contributed by atoms with E-state index in [1.54, 1.807) is 18.3 Å². The molecule has 38 heavy (non-hydrogen) atoms. The average molecular weight is 547 g/mol. The first-order valence-electron chi connectivity index (χ1n) is 12.5. The number of halogens is 1. The Bertz CT molecular complexity index is 1610. The molecule has 0 spiro atoms. The fraction of sp³-hybridized carbons (Fsp3) is 0.267. The molecular formula is C30H28ClN2O4P. The van der Waals surface area contributed by atoms with Crippen molar-refractivity contribution in [2.24, 2.45) is 0 Å². The highest BCUT2D eigenvalue weighted by molar-refractivity contribution is 7.27. The minimum absolute atomic E-state index is 0.148. The van der Waals surface area contributed by atoms with Crippen LogP contribution in [0.3, 0.4) is 0 Å². The van der Waals surface area contributed by atoms with Gasteiger partial charge in [0.15, 0.2) is 5.43 Å². The Labute approximate surface area is 228 Å². The van der Waals surface area contributed by atoms with E-state index in [4.69, 9.17) is 16.0 Å². The molecule has 4 aromatic rings. The largest absolute Gasteiger partial charge is 0.459 e.